The predicted molar refractivity (Wildman–Crippen MR) is 55.4 cm³/mol. The van der Waals surface area contributed by atoms with E-state index in [1.807, 2.05) is 6.07 Å². The van der Waals surface area contributed by atoms with E-state index in [2.05, 4.69) is 10.5 Å². The molecule has 0 atom stereocenters. The highest BCUT2D eigenvalue weighted by Gasteiger charge is 2.08. The van der Waals surface area contributed by atoms with Gasteiger partial charge in [-0.2, -0.15) is 0 Å². The van der Waals surface area contributed by atoms with Gasteiger partial charge in [-0.25, -0.2) is 4.79 Å². The van der Waals surface area contributed by atoms with Crippen molar-refractivity contribution in [3.8, 4) is 0 Å². The van der Waals surface area contributed by atoms with E-state index in [0.717, 1.165) is 5.56 Å². The third kappa shape index (κ3) is 3.99. The molecule has 1 aromatic rings. The molecule has 0 aliphatic heterocycles. The van der Waals surface area contributed by atoms with Gasteiger partial charge in [-0.1, -0.05) is 29.8 Å². The molecule has 0 heterocycles. The van der Waals surface area contributed by atoms with E-state index in [1.54, 1.807) is 18.2 Å². The third-order valence-electron chi connectivity index (χ3n) is 1.77. The monoisotopic (exact) mass is 227 g/mol. The van der Waals surface area contributed by atoms with Gasteiger partial charge in [-0.15, -0.1) is 0 Å². The number of amides is 1. The molecule has 4 nitrogen and oxygen atoms in total. The Labute approximate surface area is 92.0 Å². The number of carbonyl (C=O) groups excluding carboxylic acids is 2. The molecule has 0 radical (unpaired) electrons. The zero-order valence-electron chi connectivity index (χ0n) is 7.90. The Bertz CT molecular complexity index is 379. The van der Waals surface area contributed by atoms with Crippen LogP contribution >= 0.6 is 11.6 Å². The summed E-state index contributed by atoms with van der Waals surface area (Å²) in [7, 11) is 0. The van der Waals surface area contributed by atoms with Crippen molar-refractivity contribution in [1.29, 1.82) is 0 Å². The van der Waals surface area contributed by atoms with Crippen LogP contribution in [0, 0.1) is 0 Å². The van der Waals surface area contributed by atoms with Gasteiger partial charge in [0.25, 0.3) is 0 Å². The number of hydrogen-bond donors (Lipinski definition) is 1. The van der Waals surface area contributed by atoms with Crippen LogP contribution in [-0.4, -0.2) is 12.1 Å². The van der Waals surface area contributed by atoms with Gasteiger partial charge in [0.15, 0.2) is 0 Å². The molecule has 80 valence electrons. The second-order valence-corrected chi connectivity index (χ2v) is 3.29. The molecular formula is C10H10ClNO3. The molecule has 1 aromatic carbocycles. The van der Waals surface area contributed by atoms with Gasteiger partial charge in [0, 0.05) is 5.02 Å². The first-order valence-corrected chi connectivity index (χ1v) is 4.71. The Balaban J connectivity index is 2.47. The number of esters is 1. The number of hydrogen-bond acceptors (Lipinski definition) is 3. The molecule has 0 unspecified atom stereocenters. The van der Waals surface area contributed by atoms with Crippen LogP contribution in [-0.2, 0) is 16.0 Å². The van der Waals surface area contributed by atoms with Gasteiger partial charge in [-0.05, 0) is 18.1 Å². The molecule has 1 rings (SSSR count). The fourth-order valence-corrected chi connectivity index (χ4v) is 1.33. The van der Waals surface area contributed by atoms with Gasteiger partial charge in [0.2, 0.25) is 0 Å². The second kappa shape index (κ2) is 5.36. The minimum absolute atomic E-state index is 0.0761. The Morgan fingerprint density at radius 1 is 1.33 bits per heavy atom. The van der Waals surface area contributed by atoms with Crippen molar-refractivity contribution in [1.82, 2.24) is 0 Å². The Kier molecular flexibility index (Phi) is 4.12. The summed E-state index contributed by atoms with van der Waals surface area (Å²) in [5.41, 5.74) is 5.52. The van der Waals surface area contributed by atoms with Crippen molar-refractivity contribution in [3.63, 3.8) is 0 Å². The van der Waals surface area contributed by atoms with Crippen molar-refractivity contribution in [3.05, 3.63) is 34.9 Å². The molecular weight excluding hydrogens is 218 g/mol. The highest BCUT2D eigenvalue weighted by Crippen LogP contribution is 2.16. The summed E-state index contributed by atoms with van der Waals surface area (Å²) in [6, 6.07) is 7.16. The van der Waals surface area contributed by atoms with Crippen molar-refractivity contribution in [2.45, 2.75) is 12.8 Å². The Morgan fingerprint density at radius 3 is 2.60 bits per heavy atom. The summed E-state index contributed by atoms with van der Waals surface area (Å²) in [6.07, 6.45) is -0.586. The third-order valence-corrected chi connectivity index (χ3v) is 2.14. The number of nitrogens with two attached hydrogens (primary N) is 1. The second-order valence-electron chi connectivity index (χ2n) is 2.88. The van der Waals surface area contributed by atoms with Gasteiger partial charge >= 0.3 is 12.1 Å². The molecule has 0 saturated carbocycles. The SMILES string of the molecule is NC(=O)OC(=O)CCc1ccccc1Cl. The maximum atomic E-state index is 11.0. The minimum atomic E-state index is -1.08. The van der Waals surface area contributed by atoms with E-state index in [9.17, 15) is 9.59 Å². The Morgan fingerprint density at radius 2 is 2.00 bits per heavy atom. The van der Waals surface area contributed by atoms with Crippen molar-refractivity contribution >= 4 is 23.7 Å². The Hall–Kier alpha value is -1.55. The largest absolute Gasteiger partial charge is 0.412 e. The first-order chi connectivity index (χ1) is 7.09. The zero-order chi connectivity index (χ0) is 11.3. The normalized spacial score (nSPS) is 9.67. The van der Waals surface area contributed by atoms with E-state index in [4.69, 9.17) is 11.6 Å². The van der Waals surface area contributed by atoms with Gasteiger partial charge in [0.1, 0.15) is 0 Å². The summed E-state index contributed by atoms with van der Waals surface area (Å²) in [6.45, 7) is 0. The molecule has 0 aromatic heterocycles. The number of benzene rings is 1. The maximum Gasteiger partial charge on any atom is 0.412 e. The molecule has 2 N–H and O–H groups in total. The van der Waals surface area contributed by atoms with Crippen LogP contribution in [0.15, 0.2) is 24.3 Å². The molecule has 0 aliphatic rings. The smallest absolute Gasteiger partial charge is 0.376 e. The quantitative estimate of drug-likeness (QED) is 0.633. The number of rotatable bonds is 3. The lowest BCUT2D eigenvalue weighted by Crippen LogP contribution is -2.18. The lowest BCUT2D eigenvalue weighted by atomic mass is 10.1. The summed E-state index contributed by atoms with van der Waals surface area (Å²) >= 11 is 5.87. The van der Waals surface area contributed by atoms with Crippen LogP contribution in [0.3, 0.4) is 0 Å². The fraction of sp³-hybridized carbons (Fsp3) is 0.200. The van der Waals surface area contributed by atoms with Gasteiger partial charge in [-0.3, -0.25) is 4.79 Å². The predicted octanol–water partition coefficient (Wildman–Crippen LogP) is 1.89. The van der Waals surface area contributed by atoms with E-state index in [0.29, 0.717) is 11.4 Å². The molecule has 0 bridgehead atoms. The van der Waals surface area contributed by atoms with Crippen LogP contribution in [0.25, 0.3) is 0 Å². The van der Waals surface area contributed by atoms with E-state index >= 15 is 0 Å². The number of ether oxygens (including phenoxy) is 1. The van der Waals surface area contributed by atoms with Crippen LogP contribution in [0.2, 0.25) is 5.02 Å². The van der Waals surface area contributed by atoms with Crippen LogP contribution in [0.5, 0.6) is 0 Å². The van der Waals surface area contributed by atoms with Crippen molar-refractivity contribution in [2.24, 2.45) is 5.73 Å². The minimum Gasteiger partial charge on any atom is -0.376 e. The fourth-order valence-electron chi connectivity index (χ4n) is 1.10. The molecule has 0 aliphatic carbocycles. The summed E-state index contributed by atoms with van der Waals surface area (Å²) < 4.78 is 4.17. The summed E-state index contributed by atoms with van der Waals surface area (Å²) in [5, 5.41) is 0.587. The molecule has 5 heteroatoms. The first-order valence-electron chi connectivity index (χ1n) is 4.33. The summed E-state index contributed by atoms with van der Waals surface area (Å²) in [5.74, 6) is -0.651. The van der Waals surface area contributed by atoms with Crippen LogP contribution < -0.4 is 5.73 Å². The zero-order valence-corrected chi connectivity index (χ0v) is 8.66. The van der Waals surface area contributed by atoms with Gasteiger partial charge in [0.05, 0.1) is 6.42 Å². The van der Waals surface area contributed by atoms with Crippen LogP contribution in [0.1, 0.15) is 12.0 Å². The number of carbonyl (C=O) groups is 2. The molecule has 15 heavy (non-hydrogen) atoms. The molecule has 1 amide bonds. The highest BCUT2D eigenvalue weighted by atomic mass is 35.5. The summed E-state index contributed by atoms with van der Waals surface area (Å²) in [4.78, 5) is 21.2. The maximum absolute atomic E-state index is 11.0. The van der Waals surface area contributed by atoms with E-state index in [-0.39, 0.29) is 6.42 Å². The number of aryl methyl sites for hydroxylation is 1. The molecule has 0 saturated heterocycles. The van der Waals surface area contributed by atoms with E-state index < -0.39 is 12.1 Å². The standard InChI is InChI=1S/C10H10ClNO3/c11-8-4-2-1-3-7(8)5-6-9(13)15-10(12)14/h1-4H,5-6H2,(H2,12,14). The average molecular weight is 228 g/mol. The number of primary amides is 1. The topological polar surface area (TPSA) is 69.4 Å². The molecule has 0 fully saturated rings. The first kappa shape index (κ1) is 11.5. The van der Waals surface area contributed by atoms with E-state index in [1.165, 1.54) is 0 Å². The lowest BCUT2D eigenvalue weighted by molar-refractivity contribution is -0.137. The van der Waals surface area contributed by atoms with Crippen molar-refractivity contribution < 1.29 is 14.3 Å². The molecule has 0 spiro atoms. The highest BCUT2D eigenvalue weighted by molar-refractivity contribution is 6.31. The lowest BCUT2D eigenvalue weighted by Gasteiger charge is -2.02. The average Bonchev–Trinajstić information content (AvgIpc) is 2.15. The number of halogens is 1. The van der Waals surface area contributed by atoms with Crippen LogP contribution in [0.4, 0.5) is 4.79 Å². The van der Waals surface area contributed by atoms with Crippen molar-refractivity contribution in [2.75, 3.05) is 0 Å². The van der Waals surface area contributed by atoms with Gasteiger partial charge < -0.3 is 10.5 Å².